The summed E-state index contributed by atoms with van der Waals surface area (Å²) in [5, 5.41) is 0. The van der Waals surface area contributed by atoms with Gasteiger partial charge in [0.2, 0.25) is 0 Å². The van der Waals surface area contributed by atoms with Crippen molar-refractivity contribution in [3.05, 3.63) is 118 Å². The van der Waals surface area contributed by atoms with Crippen LogP contribution in [0.25, 0.3) is 5.57 Å². The van der Waals surface area contributed by atoms with Crippen LogP contribution in [0.2, 0.25) is 0 Å². The van der Waals surface area contributed by atoms with Crippen LogP contribution in [-0.4, -0.2) is 41.9 Å². The zero-order chi connectivity index (χ0) is 28.8. The molecule has 0 spiro atoms. The molecule has 3 aliphatic rings. The summed E-state index contributed by atoms with van der Waals surface area (Å²) < 4.78 is 20.1. The molecule has 3 aromatic carbocycles. The molecule has 0 amide bonds. The van der Waals surface area contributed by atoms with Crippen LogP contribution < -0.4 is 4.74 Å². The van der Waals surface area contributed by atoms with Crippen LogP contribution in [0.5, 0.6) is 5.75 Å². The molecule has 3 aromatic rings. The fourth-order valence-electron chi connectivity index (χ4n) is 4.64. The first-order valence-electron chi connectivity index (χ1n) is 12.4. The zero-order valence-electron chi connectivity index (χ0n) is 21.2. The maximum absolute atomic E-state index is 12.7. The molecule has 0 saturated heterocycles. The van der Waals surface area contributed by atoms with E-state index in [4.69, 9.17) is 9.47 Å². The normalized spacial score (nSPS) is 18.7. The highest BCUT2D eigenvalue weighted by Crippen LogP contribution is 2.29. The number of hydrogen-bond donors (Lipinski definition) is 0. The molecule has 0 N–H and O–H groups in total. The minimum Gasteiger partial charge on any atom is -0.454 e. The lowest BCUT2D eigenvalue weighted by Crippen LogP contribution is -2.24. The average molecular weight is 550 g/mol. The minimum atomic E-state index is -0.809. The van der Waals surface area contributed by atoms with E-state index in [1.165, 1.54) is 36.4 Å². The van der Waals surface area contributed by atoms with Crippen molar-refractivity contribution in [3.8, 4) is 5.75 Å². The Morgan fingerprint density at radius 3 is 1.78 bits per heavy atom. The summed E-state index contributed by atoms with van der Waals surface area (Å²) in [5.74, 6) is -4.36. The lowest BCUT2D eigenvalue weighted by Gasteiger charge is -2.23. The summed E-state index contributed by atoms with van der Waals surface area (Å²) in [4.78, 5) is 72.1. The Morgan fingerprint density at radius 2 is 1.22 bits per heavy atom. The number of hydrogen-bond acceptors (Lipinski definition) is 10. The third-order valence-electron chi connectivity index (χ3n) is 6.83. The minimum absolute atomic E-state index is 0.0161. The Kier molecular flexibility index (Phi) is 6.15. The summed E-state index contributed by atoms with van der Waals surface area (Å²) in [7, 11) is 0. The second kappa shape index (κ2) is 9.83. The number of fused-ring (bicyclic) bond motifs is 2. The number of benzene rings is 3. The smallest absolute Gasteiger partial charge is 0.346 e. The SMILES string of the molecule is CC1C=C(c2ccc(OC(=O)c3ccc4c(c3)C(=O)OC4=O)cc2)C=CC1OC(=O)c1ccc2c(c1)C(=O)OC2=O. The van der Waals surface area contributed by atoms with Crippen LogP contribution >= 0.6 is 0 Å². The van der Waals surface area contributed by atoms with Gasteiger partial charge in [0, 0.05) is 5.92 Å². The van der Waals surface area contributed by atoms with Gasteiger partial charge in [0.15, 0.2) is 0 Å². The number of rotatable bonds is 5. The van der Waals surface area contributed by atoms with Crippen molar-refractivity contribution < 1.29 is 47.7 Å². The topological polar surface area (TPSA) is 139 Å². The highest BCUT2D eigenvalue weighted by atomic mass is 16.6. The monoisotopic (exact) mass is 550 g/mol. The second-order valence-corrected chi connectivity index (χ2v) is 9.50. The first-order valence-corrected chi connectivity index (χ1v) is 12.4. The molecule has 1 aliphatic carbocycles. The third kappa shape index (κ3) is 4.71. The first kappa shape index (κ1) is 25.6. The Hall–Kier alpha value is -5.64. The molecule has 0 fully saturated rings. The van der Waals surface area contributed by atoms with Gasteiger partial charge in [-0.2, -0.15) is 0 Å². The van der Waals surface area contributed by atoms with Crippen molar-refractivity contribution in [1.29, 1.82) is 0 Å². The van der Waals surface area contributed by atoms with Gasteiger partial charge in [-0.25, -0.2) is 28.8 Å². The number of carbonyl (C=O) groups is 6. The largest absolute Gasteiger partial charge is 0.454 e. The number of carbonyl (C=O) groups excluding carboxylic acids is 6. The fourth-order valence-corrected chi connectivity index (χ4v) is 4.64. The molecule has 0 aromatic heterocycles. The molecule has 6 rings (SSSR count). The van der Waals surface area contributed by atoms with Crippen molar-refractivity contribution in [2.75, 3.05) is 0 Å². The van der Waals surface area contributed by atoms with Gasteiger partial charge >= 0.3 is 35.8 Å². The summed E-state index contributed by atoms with van der Waals surface area (Å²) in [6.07, 6.45) is 4.93. The van der Waals surface area contributed by atoms with Gasteiger partial charge in [0.05, 0.1) is 33.4 Å². The van der Waals surface area contributed by atoms with Gasteiger partial charge in [-0.1, -0.05) is 31.2 Å². The molecule has 10 heteroatoms. The molecule has 0 bridgehead atoms. The third-order valence-corrected chi connectivity index (χ3v) is 6.83. The van der Waals surface area contributed by atoms with Crippen LogP contribution in [0.15, 0.2) is 78.9 Å². The van der Waals surface area contributed by atoms with Crippen LogP contribution in [0, 0.1) is 5.92 Å². The van der Waals surface area contributed by atoms with Crippen molar-refractivity contribution in [1.82, 2.24) is 0 Å². The van der Waals surface area contributed by atoms with E-state index in [2.05, 4.69) is 9.47 Å². The standard InChI is InChI=1S/C31H18O10/c1-15-12-17(6-11-25(15)39-27(33)19-5-10-22-24(14-19)31(37)41-29(22)35)16-2-7-20(8-3-16)38-26(32)18-4-9-21-23(13-18)30(36)40-28(21)34/h2-15,25H,1H3. The number of cyclic esters (lactones) is 4. The zero-order valence-corrected chi connectivity index (χ0v) is 21.2. The Morgan fingerprint density at radius 1 is 0.683 bits per heavy atom. The van der Waals surface area contributed by atoms with Crippen LogP contribution in [0.4, 0.5) is 0 Å². The Balaban J connectivity index is 1.09. The predicted octanol–water partition coefficient (Wildman–Crippen LogP) is 4.34. The Labute approximate surface area is 231 Å². The number of esters is 6. The summed E-state index contributed by atoms with van der Waals surface area (Å²) in [5.41, 5.74) is 2.18. The van der Waals surface area contributed by atoms with E-state index in [0.29, 0.717) is 0 Å². The van der Waals surface area contributed by atoms with E-state index in [1.54, 1.807) is 30.3 Å². The molecular weight excluding hydrogens is 532 g/mol. The Bertz CT molecular complexity index is 1760. The quantitative estimate of drug-likeness (QED) is 0.195. The van der Waals surface area contributed by atoms with E-state index in [1.807, 2.05) is 19.1 Å². The maximum atomic E-state index is 12.7. The van der Waals surface area contributed by atoms with E-state index in [0.717, 1.165) is 11.1 Å². The van der Waals surface area contributed by atoms with Gasteiger partial charge in [-0.05, 0) is 65.7 Å². The van der Waals surface area contributed by atoms with E-state index < -0.39 is 41.9 Å². The lowest BCUT2D eigenvalue weighted by atomic mass is 9.91. The molecule has 2 unspecified atom stereocenters. The number of ether oxygens (including phenoxy) is 4. The molecule has 2 heterocycles. The molecule has 2 atom stereocenters. The van der Waals surface area contributed by atoms with Gasteiger partial charge in [0.25, 0.3) is 0 Å². The van der Waals surface area contributed by atoms with E-state index in [9.17, 15) is 28.8 Å². The van der Waals surface area contributed by atoms with Gasteiger partial charge < -0.3 is 18.9 Å². The van der Waals surface area contributed by atoms with Crippen LogP contribution in [-0.2, 0) is 14.2 Å². The van der Waals surface area contributed by atoms with Gasteiger partial charge in [0.1, 0.15) is 11.9 Å². The summed E-state index contributed by atoms with van der Waals surface area (Å²) >= 11 is 0. The van der Waals surface area contributed by atoms with Gasteiger partial charge in [-0.15, -0.1) is 0 Å². The molecule has 10 nitrogen and oxygen atoms in total. The first-order chi connectivity index (χ1) is 19.7. The molecular formula is C31H18O10. The van der Waals surface area contributed by atoms with Gasteiger partial charge in [-0.3, -0.25) is 0 Å². The molecule has 2 aliphatic heterocycles. The highest BCUT2D eigenvalue weighted by molar-refractivity contribution is 6.16. The fraction of sp³-hybridized carbons (Fsp3) is 0.0968. The molecule has 0 saturated carbocycles. The molecule has 0 radical (unpaired) electrons. The predicted molar refractivity (Wildman–Crippen MR) is 139 cm³/mol. The van der Waals surface area contributed by atoms with Crippen molar-refractivity contribution >= 4 is 41.4 Å². The lowest BCUT2D eigenvalue weighted by molar-refractivity contribution is 0.0328. The van der Waals surface area contributed by atoms with Crippen molar-refractivity contribution in [2.24, 2.45) is 5.92 Å². The van der Waals surface area contributed by atoms with E-state index in [-0.39, 0.29) is 45.0 Å². The molecule has 202 valence electrons. The van der Waals surface area contributed by atoms with Crippen LogP contribution in [0.1, 0.15) is 74.6 Å². The van der Waals surface area contributed by atoms with E-state index >= 15 is 0 Å². The summed E-state index contributed by atoms with van der Waals surface area (Å²) in [6.45, 7) is 1.89. The maximum Gasteiger partial charge on any atom is 0.346 e. The summed E-state index contributed by atoms with van der Waals surface area (Å²) in [6, 6.07) is 14.8. The highest BCUT2D eigenvalue weighted by Gasteiger charge is 2.32. The van der Waals surface area contributed by atoms with Crippen molar-refractivity contribution in [2.45, 2.75) is 13.0 Å². The second-order valence-electron chi connectivity index (χ2n) is 9.50. The van der Waals surface area contributed by atoms with Crippen LogP contribution in [0.3, 0.4) is 0 Å². The molecule has 41 heavy (non-hydrogen) atoms. The average Bonchev–Trinajstić information content (AvgIpc) is 3.42. The van der Waals surface area contributed by atoms with Crippen molar-refractivity contribution in [3.63, 3.8) is 0 Å². The number of allylic oxidation sites excluding steroid dienone is 2.